The van der Waals surface area contributed by atoms with Gasteiger partial charge in [0.15, 0.2) is 0 Å². The number of amides is 1. The molecule has 0 aliphatic carbocycles. The monoisotopic (exact) mass is 429 g/mol. The smallest absolute Gasteiger partial charge is 0.325 e. The number of carbonyl (C=O) groups is 2. The van der Waals surface area contributed by atoms with Crippen molar-refractivity contribution in [1.29, 1.82) is 0 Å². The highest BCUT2D eigenvalue weighted by molar-refractivity contribution is 9.10. The summed E-state index contributed by atoms with van der Waals surface area (Å²) in [5.41, 5.74) is 2.36. The summed E-state index contributed by atoms with van der Waals surface area (Å²) in [6.07, 6.45) is 1.36. The first kappa shape index (κ1) is 19.1. The molecule has 1 amide bonds. The fourth-order valence-corrected chi connectivity index (χ4v) is 3.10. The van der Waals surface area contributed by atoms with E-state index in [0.717, 1.165) is 21.3 Å². The van der Waals surface area contributed by atoms with Crippen LogP contribution in [0.4, 0.5) is 0 Å². The topological polar surface area (TPSA) is 73.2 Å². The van der Waals surface area contributed by atoms with Gasteiger partial charge in [0.05, 0.1) is 18.1 Å². The Balaban J connectivity index is 1.62. The van der Waals surface area contributed by atoms with Crippen molar-refractivity contribution >= 4 is 38.8 Å². The molecule has 1 heterocycles. The van der Waals surface area contributed by atoms with Gasteiger partial charge < -0.3 is 14.6 Å². The Kier molecular flexibility index (Phi) is 6.24. The number of hydrogen-bond donors (Lipinski definition) is 1. The number of esters is 1. The van der Waals surface area contributed by atoms with E-state index in [4.69, 9.17) is 4.74 Å². The van der Waals surface area contributed by atoms with Crippen molar-refractivity contribution < 1.29 is 14.3 Å². The van der Waals surface area contributed by atoms with Crippen molar-refractivity contribution in [3.05, 3.63) is 64.4 Å². The number of carbonyl (C=O) groups excluding carboxylic acids is 2. The molecule has 0 aliphatic heterocycles. The lowest BCUT2D eigenvalue weighted by Crippen LogP contribution is -2.25. The third-order valence-electron chi connectivity index (χ3n) is 4.22. The third-order valence-corrected chi connectivity index (χ3v) is 4.75. The van der Waals surface area contributed by atoms with E-state index in [1.54, 1.807) is 12.1 Å². The Hall–Kier alpha value is -2.67. The molecule has 0 saturated carbocycles. The van der Waals surface area contributed by atoms with Gasteiger partial charge in [-0.3, -0.25) is 9.59 Å². The number of nitrogens with zero attached hydrogens (tertiary/aromatic N) is 2. The second-order valence-corrected chi connectivity index (χ2v) is 6.96. The van der Waals surface area contributed by atoms with Crippen molar-refractivity contribution in [3.8, 4) is 0 Å². The maximum atomic E-state index is 12.2. The standard InChI is InChI=1S/C20H20BrN3O3/c1-27-19(25)13-24-17-6-3-2-5-16(17)23-18(24)7-4-12-22-20(26)14-8-10-15(21)11-9-14/h2-3,5-6,8-11H,4,7,12-13H2,1H3,(H,22,26). The molecule has 7 heteroatoms. The predicted molar refractivity (Wildman–Crippen MR) is 107 cm³/mol. The zero-order valence-electron chi connectivity index (χ0n) is 14.9. The van der Waals surface area contributed by atoms with Crippen LogP contribution in [0.3, 0.4) is 0 Å². The van der Waals surface area contributed by atoms with E-state index in [1.807, 2.05) is 41.0 Å². The van der Waals surface area contributed by atoms with Crippen LogP contribution in [0, 0.1) is 0 Å². The molecule has 0 fully saturated rings. The molecule has 0 radical (unpaired) electrons. The molecule has 0 saturated heterocycles. The molecule has 0 bridgehead atoms. The highest BCUT2D eigenvalue weighted by Crippen LogP contribution is 2.17. The van der Waals surface area contributed by atoms with Crippen LogP contribution in [0.15, 0.2) is 53.0 Å². The maximum Gasteiger partial charge on any atom is 0.325 e. The van der Waals surface area contributed by atoms with Gasteiger partial charge in [-0.15, -0.1) is 0 Å². The van der Waals surface area contributed by atoms with Gasteiger partial charge in [0.1, 0.15) is 12.4 Å². The Bertz CT molecular complexity index is 951. The minimum atomic E-state index is -0.317. The number of para-hydroxylation sites is 2. The second kappa shape index (κ2) is 8.81. The molecule has 1 aromatic heterocycles. The van der Waals surface area contributed by atoms with E-state index >= 15 is 0 Å². The van der Waals surface area contributed by atoms with Crippen LogP contribution in [-0.4, -0.2) is 35.1 Å². The number of rotatable bonds is 7. The fourth-order valence-electron chi connectivity index (χ4n) is 2.84. The molecule has 6 nitrogen and oxygen atoms in total. The number of ether oxygens (including phenoxy) is 1. The van der Waals surface area contributed by atoms with Crippen LogP contribution in [0.5, 0.6) is 0 Å². The number of halogens is 1. The molecule has 3 aromatic rings. The van der Waals surface area contributed by atoms with Crippen molar-refractivity contribution in [2.75, 3.05) is 13.7 Å². The quantitative estimate of drug-likeness (QED) is 0.461. The van der Waals surface area contributed by atoms with E-state index in [0.29, 0.717) is 24.9 Å². The summed E-state index contributed by atoms with van der Waals surface area (Å²) in [4.78, 5) is 28.5. The van der Waals surface area contributed by atoms with Gasteiger partial charge in [-0.05, 0) is 42.8 Å². The lowest BCUT2D eigenvalue weighted by atomic mass is 10.2. The third kappa shape index (κ3) is 4.74. The number of benzene rings is 2. The van der Waals surface area contributed by atoms with Gasteiger partial charge in [-0.2, -0.15) is 0 Å². The fraction of sp³-hybridized carbons (Fsp3) is 0.250. The van der Waals surface area contributed by atoms with Crippen LogP contribution in [0.2, 0.25) is 0 Å². The lowest BCUT2D eigenvalue weighted by Gasteiger charge is -2.09. The van der Waals surface area contributed by atoms with Gasteiger partial charge in [0.25, 0.3) is 5.91 Å². The molecule has 27 heavy (non-hydrogen) atoms. The number of fused-ring (bicyclic) bond motifs is 1. The number of imidazole rings is 1. The Morgan fingerprint density at radius 3 is 2.63 bits per heavy atom. The van der Waals surface area contributed by atoms with Gasteiger partial charge in [0.2, 0.25) is 0 Å². The summed E-state index contributed by atoms with van der Waals surface area (Å²) in [5, 5.41) is 2.91. The van der Waals surface area contributed by atoms with E-state index in [-0.39, 0.29) is 18.4 Å². The van der Waals surface area contributed by atoms with Crippen LogP contribution in [0.1, 0.15) is 22.6 Å². The average molecular weight is 430 g/mol. The first-order valence-corrected chi connectivity index (χ1v) is 9.42. The zero-order chi connectivity index (χ0) is 19.2. The van der Waals surface area contributed by atoms with E-state index in [9.17, 15) is 9.59 Å². The molecule has 0 spiro atoms. The highest BCUT2D eigenvalue weighted by atomic mass is 79.9. The molecule has 0 atom stereocenters. The molecular formula is C20H20BrN3O3. The summed E-state index contributed by atoms with van der Waals surface area (Å²) in [6.45, 7) is 0.647. The largest absolute Gasteiger partial charge is 0.468 e. The van der Waals surface area contributed by atoms with Crippen molar-refractivity contribution in [3.63, 3.8) is 0 Å². The molecule has 2 aromatic carbocycles. The SMILES string of the molecule is COC(=O)Cn1c(CCCNC(=O)c2ccc(Br)cc2)nc2ccccc21. The molecular weight excluding hydrogens is 410 g/mol. The summed E-state index contributed by atoms with van der Waals surface area (Å²) in [7, 11) is 1.37. The number of methoxy groups -OCH3 is 1. The second-order valence-electron chi connectivity index (χ2n) is 6.05. The summed E-state index contributed by atoms with van der Waals surface area (Å²) < 4.78 is 7.60. The molecule has 3 rings (SSSR count). The van der Waals surface area contributed by atoms with Crippen LogP contribution in [0.25, 0.3) is 11.0 Å². The normalized spacial score (nSPS) is 10.7. The summed E-state index contributed by atoms with van der Waals surface area (Å²) in [6, 6.07) is 14.9. The van der Waals surface area contributed by atoms with Crippen molar-refractivity contribution in [2.45, 2.75) is 19.4 Å². The van der Waals surface area contributed by atoms with E-state index < -0.39 is 0 Å². The van der Waals surface area contributed by atoms with Crippen molar-refractivity contribution in [2.24, 2.45) is 0 Å². The van der Waals surface area contributed by atoms with Gasteiger partial charge in [-0.25, -0.2) is 4.98 Å². The van der Waals surface area contributed by atoms with Gasteiger partial charge in [0, 0.05) is 23.0 Å². The van der Waals surface area contributed by atoms with Gasteiger partial charge >= 0.3 is 5.97 Å². The minimum Gasteiger partial charge on any atom is -0.468 e. The molecule has 1 N–H and O–H groups in total. The maximum absolute atomic E-state index is 12.2. The lowest BCUT2D eigenvalue weighted by molar-refractivity contribution is -0.141. The molecule has 0 unspecified atom stereocenters. The average Bonchev–Trinajstić information content (AvgIpc) is 3.03. The van der Waals surface area contributed by atoms with E-state index in [2.05, 4.69) is 26.2 Å². The minimum absolute atomic E-state index is 0.106. The van der Waals surface area contributed by atoms with Gasteiger partial charge in [-0.1, -0.05) is 28.1 Å². The van der Waals surface area contributed by atoms with Crippen LogP contribution in [-0.2, 0) is 22.5 Å². The van der Waals surface area contributed by atoms with E-state index in [1.165, 1.54) is 7.11 Å². The summed E-state index contributed by atoms with van der Waals surface area (Å²) in [5.74, 6) is 0.382. The first-order valence-electron chi connectivity index (χ1n) is 8.63. The first-order chi connectivity index (χ1) is 13.1. The number of aryl methyl sites for hydroxylation is 1. The zero-order valence-corrected chi connectivity index (χ0v) is 16.5. The number of hydrogen-bond acceptors (Lipinski definition) is 4. The Labute approximate surface area is 165 Å². The Morgan fingerprint density at radius 1 is 1.15 bits per heavy atom. The number of aromatic nitrogens is 2. The highest BCUT2D eigenvalue weighted by Gasteiger charge is 2.13. The Morgan fingerprint density at radius 2 is 1.89 bits per heavy atom. The molecule has 140 valence electrons. The van der Waals surface area contributed by atoms with Crippen molar-refractivity contribution in [1.82, 2.24) is 14.9 Å². The van der Waals surface area contributed by atoms with Crippen LogP contribution >= 0.6 is 15.9 Å². The summed E-state index contributed by atoms with van der Waals surface area (Å²) >= 11 is 3.35. The van der Waals surface area contributed by atoms with Crippen LogP contribution < -0.4 is 5.32 Å². The predicted octanol–water partition coefficient (Wildman–Crippen LogP) is 3.33. The number of nitrogens with one attached hydrogen (secondary N) is 1. The molecule has 0 aliphatic rings.